The lowest BCUT2D eigenvalue weighted by atomic mass is 10.0. The van der Waals surface area contributed by atoms with E-state index in [2.05, 4.69) is 31.2 Å². The van der Waals surface area contributed by atoms with Gasteiger partial charge in [0.2, 0.25) is 0 Å². The largest absolute Gasteiger partial charge is 0.573 e. The molecule has 9 nitrogen and oxygen atoms in total. The number of amides is 2. The highest BCUT2D eigenvalue weighted by Crippen LogP contribution is 2.33. The van der Waals surface area contributed by atoms with E-state index in [-0.39, 0.29) is 17.5 Å². The number of thioether (sulfide) groups is 1. The van der Waals surface area contributed by atoms with Crippen molar-refractivity contribution in [1.82, 2.24) is 20.1 Å². The first-order valence-corrected chi connectivity index (χ1v) is 14.4. The Labute approximate surface area is 254 Å². The van der Waals surface area contributed by atoms with Gasteiger partial charge in [-0.1, -0.05) is 49.9 Å². The smallest absolute Gasteiger partial charge is 0.406 e. The predicted octanol–water partition coefficient (Wildman–Crippen LogP) is 6.98. The number of nitrogens with one attached hydrogen (secondary N) is 1. The van der Waals surface area contributed by atoms with Crippen LogP contribution in [0.1, 0.15) is 36.9 Å². The number of anilines is 1. The molecule has 0 bridgehead atoms. The molecule has 0 spiro atoms. The average molecular weight is 624 g/mol. The molecule has 1 N–H and O–H groups in total. The molecular weight excluding hydrogens is 598 g/mol. The third-order valence-corrected chi connectivity index (χ3v) is 7.56. The van der Waals surface area contributed by atoms with Crippen molar-refractivity contribution in [2.75, 3.05) is 17.2 Å². The summed E-state index contributed by atoms with van der Waals surface area (Å²) in [5, 5.41) is 17.2. The fourth-order valence-corrected chi connectivity index (χ4v) is 5.48. The number of nitrogens with zero attached hydrogens (tertiary/aromatic N) is 6. The maximum atomic E-state index is 13.9. The van der Waals surface area contributed by atoms with Crippen molar-refractivity contribution in [3.63, 3.8) is 0 Å². The maximum absolute atomic E-state index is 13.9. The number of carbonyl (C=O) groups excluding carboxylic acids is 1. The second kappa shape index (κ2) is 12.8. The Morgan fingerprint density at radius 1 is 1.11 bits per heavy atom. The van der Waals surface area contributed by atoms with Gasteiger partial charge in [0.1, 0.15) is 23.9 Å². The molecule has 0 saturated carbocycles. The number of urea groups is 1. The van der Waals surface area contributed by atoms with E-state index in [1.807, 2.05) is 18.7 Å². The van der Waals surface area contributed by atoms with Crippen molar-refractivity contribution >= 4 is 28.6 Å². The molecule has 1 aromatic heterocycles. The first-order valence-electron chi connectivity index (χ1n) is 13.4. The number of alkyl halides is 3. The molecule has 1 aliphatic rings. The molecule has 44 heavy (non-hydrogen) atoms. The molecule has 2 heterocycles. The summed E-state index contributed by atoms with van der Waals surface area (Å²) in [6.45, 7) is 4.54. The topological polar surface area (TPSA) is 108 Å². The predicted molar refractivity (Wildman–Crippen MR) is 158 cm³/mol. The van der Waals surface area contributed by atoms with E-state index in [1.165, 1.54) is 59.2 Å². The van der Waals surface area contributed by atoms with Crippen LogP contribution in [0.4, 0.5) is 28.0 Å². The van der Waals surface area contributed by atoms with Crippen LogP contribution in [0.3, 0.4) is 0 Å². The lowest BCUT2D eigenvalue weighted by molar-refractivity contribution is -0.274. The number of aromatic nitrogens is 3. The van der Waals surface area contributed by atoms with Gasteiger partial charge in [0.05, 0.1) is 11.8 Å². The number of halogens is 4. The van der Waals surface area contributed by atoms with Crippen LogP contribution in [-0.4, -0.2) is 44.6 Å². The van der Waals surface area contributed by atoms with Gasteiger partial charge in [0.15, 0.2) is 11.0 Å². The summed E-state index contributed by atoms with van der Waals surface area (Å²) in [6.07, 6.45) is -3.37. The standard InChI is InChI=1S/C30H25F4N7O2S/c1-18(2)24-15-21(31)7-12-26(24)40-13-14-44-29(40)38-28(42)37-25(16-35)19-3-5-20(6-4-19)27-36-17-41(39-27)22-8-10-23(11-9-22)43-30(32,33)34/h3-12,15,17-18,25H,13-14H2,1-2H3,(H,37,42)/b38-29-. The van der Waals surface area contributed by atoms with Crippen molar-refractivity contribution in [3.05, 3.63) is 90.0 Å². The lowest BCUT2D eigenvalue weighted by Gasteiger charge is -2.23. The van der Waals surface area contributed by atoms with E-state index in [0.717, 1.165) is 11.3 Å². The highest BCUT2D eigenvalue weighted by Gasteiger charge is 2.31. The molecule has 4 aromatic rings. The molecule has 1 saturated heterocycles. The molecule has 1 atom stereocenters. The molecule has 14 heteroatoms. The lowest BCUT2D eigenvalue weighted by Crippen LogP contribution is -2.30. The van der Waals surface area contributed by atoms with Gasteiger partial charge in [-0.15, -0.1) is 18.3 Å². The van der Waals surface area contributed by atoms with Crippen molar-refractivity contribution < 1.29 is 27.1 Å². The number of hydrogen-bond donors (Lipinski definition) is 1. The molecule has 1 unspecified atom stereocenters. The van der Waals surface area contributed by atoms with E-state index in [0.29, 0.717) is 40.1 Å². The van der Waals surface area contributed by atoms with E-state index in [9.17, 15) is 27.6 Å². The van der Waals surface area contributed by atoms with Gasteiger partial charge in [-0.25, -0.2) is 18.9 Å². The highest BCUT2D eigenvalue weighted by molar-refractivity contribution is 8.14. The second-order valence-corrected chi connectivity index (χ2v) is 11.0. The van der Waals surface area contributed by atoms with Crippen LogP contribution in [0, 0.1) is 17.1 Å². The van der Waals surface area contributed by atoms with Crippen LogP contribution in [-0.2, 0) is 0 Å². The maximum Gasteiger partial charge on any atom is 0.573 e. The number of amidine groups is 1. The van der Waals surface area contributed by atoms with Gasteiger partial charge in [-0.3, -0.25) is 0 Å². The van der Waals surface area contributed by atoms with Gasteiger partial charge in [0.25, 0.3) is 0 Å². The average Bonchev–Trinajstić information content (AvgIpc) is 3.66. The Kier molecular flexibility index (Phi) is 8.86. The second-order valence-electron chi connectivity index (χ2n) is 9.94. The summed E-state index contributed by atoms with van der Waals surface area (Å²) in [6, 6.07) is 16.8. The number of hydrogen-bond acceptors (Lipinski definition) is 6. The van der Waals surface area contributed by atoms with E-state index in [1.54, 1.807) is 30.3 Å². The fourth-order valence-electron chi connectivity index (χ4n) is 4.53. The first kappa shape index (κ1) is 30.6. The summed E-state index contributed by atoms with van der Waals surface area (Å²) in [5.41, 5.74) is 3.20. The minimum Gasteiger partial charge on any atom is -0.406 e. The van der Waals surface area contributed by atoms with Crippen molar-refractivity contribution in [2.45, 2.75) is 32.2 Å². The molecule has 0 aliphatic carbocycles. The molecule has 2 amide bonds. The summed E-state index contributed by atoms with van der Waals surface area (Å²) in [7, 11) is 0. The summed E-state index contributed by atoms with van der Waals surface area (Å²) < 4.78 is 56.4. The summed E-state index contributed by atoms with van der Waals surface area (Å²) in [5.74, 6) is 0.419. The van der Waals surface area contributed by atoms with Crippen LogP contribution in [0.2, 0.25) is 0 Å². The number of aliphatic imine (C=N–C) groups is 1. The zero-order chi connectivity index (χ0) is 31.4. The van der Waals surface area contributed by atoms with E-state index < -0.39 is 18.4 Å². The number of ether oxygens (including phenoxy) is 1. The Bertz CT molecular complexity index is 1720. The normalized spacial score (nSPS) is 15.0. The number of benzene rings is 3. The van der Waals surface area contributed by atoms with Gasteiger partial charge in [-0.2, -0.15) is 10.3 Å². The Balaban J connectivity index is 1.26. The zero-order valence-corrected chi connectivity index (χ0v) is 24.2. The molecule has 3 aromatic carbocycles. The van der Waals surface area contributed by atoms with Crippen molar-refractivity contribution in [3.8, 4) is 28.9 Å². The molecule has 1 fully saturated rings. The quantitative estimate of drug-likeness (QED) is 0.221. The fraction of sp³-hybridized carbons (Fsp3) is 0.233. The first-order chi connectivity index (χ1) is 21.0. The van der Waals surface area contributed by atoms with Crippen LogP contribution in [0.15, 0.2) is 78.0 Å². The summed E-state index contributed by atoms with van der Waals surface area (Å²) >= 11 is 1.40. The van der Waals surface area contributed by atoms with Crippen molar-refractivity contribution in [1.29, 1.82) is 5.26 Å². The Morgan fingerprint density at radius 2 is 1.84 bits per heavy atom. The summed E-state index contributed by atoms with van der Waals surface area (Å²) in [4.78, 5) is 23.2. The van der Waals surface area contributed by atoms with Gasteiger partial charge in [0, 0.05) is 23.5 Å². The van der Waals surface area contributed by atoms with E-state index >= 15 is 0 Å². The zero-order valence-electron chi connectivity index (χ0n) is 23.4. The molecule has 1 aliphatic heterocycles. The van der Waals surface area contributed by atoms with Crippen LogP contribution in [0.5, 0.6) is 5.75 Å². The SMILES string of the molecule is CC(C)c1cc(F)ccc1N1CCS/C1=N\C(=O)NC(C#N)c1ccc(-c2ncn(-c3ccc(OC(F)(F)F)cc3)n2)cc1. The van der Waals surface area contributed by atoms with Crippen LogP contribution < -0.4 is 15.0 Å². The molecule has 0 radical (unpaired) electrons. The molecule has 5 rings (SSSR count). The molecule has 226 valence electrons. The minimum absolute atomic E-state index is 0.0598. The number of carbonyl (C=O) groups is 1. The van der Waals surface area contributed by atoms with Crippen molar-refractivity contribution in [2.24, 2.45) is 4.99 Å². The number of rotatable bonds is 7. The van der Waals surface area contributed by atoms with Gasteiger partial charge < -0.3 is 15.0 Å². The number of nitriles is 1. The Hall–Kier alpha value is -4.90. The Morgan fingerprint density at radius 3 is 2.50 bits per heavy atom. The third kappa shape index (κ3) is 7.17. The van der Waals surface area contributed by atoms with Crippen LogP contribution >= 0.6 is 11.8 Å². The highest BCUT2D eigenvalue weighted by atomic mass is 32.2. The monoisotopic (exact) mass is 623 g/mol. The van der Waals surface area contributed by atoms with Gasteiger partial charge in [-0.05, 0) is 59.5 Å². The van der Waals surface area contributed by atoms with Gasteiger partial charge >= 0.3 is 12.4 Å². The third-order valence-electron chi connectivity index (χ3n) is 6.60. The minimum atomic E-state index is -4.78. The van der Waals surface area contributed by atoms with E-state index in [4.69, 9.17) is 0 Å². The van der Waals surface area contributed by atoms with Crippen LogP contribution in [0.25, 0.3) is 17.1 Å². The molecular formula is C30H25F4N7O2S.